The molecule has 1 amide bonds. The molecule has 2 N–H and O–H groups in total. The van der Waals surface area contributed by atoms with Gasteiger partial charge in [0, 0.05) is 57.3 Å². The van der Waals surface area contributed by atoms with Crippen LogP contribution in [0, 0.1) is 0 Å². The highest BCUT2D eigenvalue weighted by molar-refractivity contribution is 7.17. The van der Waals surface area contributed by atoms with E-state index in [9.17, 15) is 4.79 Å². The third-order valence-electron chi connectivity index (χ3n) is 5.13. The molecule has 7 nitrogen and oxygen atoms in total. The van der Waals surface area contributed by atoms with Crippen LogP contribution in [0.25, 0.3) is 10.6 Å². The van der Waals surface area contributed by atoms with Gasteiger partial charge in [-0.1, -0.05) is 0 Å². The van der Waals surface area contributed by atoms with Crippen molar-refractivity contribution >= 4 is 29.3 Å². The topological polar surface area (TPSA) is 87.7 Å². The second kappa shape index (κ2) is 8.10. The molecule has 0 saturated carbocycles. The number of fused-ring (bicyclic) bond motifs is 1. The Morgan fingerprint density at radius 1 is 1.25 bits per heavy atom. The summed E-state index contributed by atoms with van der Waals surface area (Å²) in [6.45, 7) is 2.69. The summed E-state index contributed by atoms with van der Waals surface area (Å²) in [5.41, 5.74) is 8.09. The van der Waals surface area contributed by atoms with E-state index in [4.69, 9.17) is 10.7 Å². The minimum absolute atomic E-state index is 0.0699. The lowest BCUT2D eigenvalue weighted by atomic mass is 10.1. The standard InChI is InChI=1S/C20H24N6OS/c1-22-13-15(11-21)26-10-7-16-18(20(26)27)28-19(24-16)14-5-6-17(23-12-14)25-8-3-2-4-9-25/h5-6,11-13H,2-4,7-10,21H2,1H3/b15-11+,22-13?. The Hall–Kier alpha value is -2.74. The van der Waals surface area contributed by atoms with E-state index in [-0.39, 0.29) is 5.91 Å². The number of hydrogen-bond donors (Lipinski definition) is 1. The van der Waals surface area contributed by atoms with Gasteiger partial charge in [-0.3, -0.25) is 9.79 Å². The number of amides is 1. The number of allylic oxidation sites excluding steroid dienone is 1. The highest BCUT2D eigenvalue weighted by Crippen LogP contribution is 2.33. The van der Waals surface area contributed by atoms with E-state index in [1.165, 1.54) is 36.8 Å². The molecule has 4 heterocycles. The van der Waals surface area contributed by atoms with Crippen LogP contribution >= 0.6 is 11.3 Å². The zero-order chi connectivity index (χ0) is 19.5. The molecule has 0 atom stereocenters. The second-order valence-electron chi connectivity index (χ2n) is 6.93. The van der Waals surface area contributed by atoms with Crippen LogP contribution in [-0.4, -0.2) is 53.7 Å². The highest BCUT2D eigenvalue weighted by Gasteiger charge is 2.30. The maximum absolute atomic E-state index is 12.9. The van der Waals surface area contributed by atoms with Gasteiger partial charge >= 0.3 is 0 Å². The minimum Gasteiger partial charge on any atom is -0.403 e. The smallest absolute Gasteiger partial charge is 0.270 e. The van der Waals surface area contributed by atoms with Gasteiger partial charge in [0.2, 0.25) is 0 Å². The fraction of sp³-hybridized carbons (Fsp3) is 0.400. The van der Waals surface area contributed by atoms with E-state index < -0.39 is 0 Å². The first-order valence-corrected chi connectivity index (χ1v) is 10.4. The van der Waals surface area contributed by atoms with Crippen LogP contribution in [0.15, 0.2) is 35.2 Å². The summed E-state index contributed by atoms with van der Waals surface area (Å²) in [6, 6.07) is 4.11. The monoisotopic (exact) mass is 396 g/mol. The number of rotatable bonds is 4. The maximum Gasteiger partial charge on any atom is 0.270 e. The van der Waals surface area contributed by atoms with Gasteiger partial charge in [0.15, 0.2) is 0 Å². The molecule has 2 aliphatic rings. The van der Waals surface area contributed by atoms with Crippen LogP contribution < -0.4 is 10.6 Å². The first kappa shape index (κ1) is 18.6. The minimum atomic E-state index is -0.0699. The fourth-order valence-electron chi connectivity index (χ4n) is 3.66. The summed E-state index contributed by atoms with van der Waals surface area (Å²) in [6.07, 6.45) is 9.34. The van der Waals surface area contributed by atoms with E-state index >= 15 is 0 Å². The van der Waals surface area contributed by atoms with Gasteiger partial charge in [-0.05, 0) is 31.4 Å². The molecule has 0 aliphatic carbocycles. The van der Waals surface area contributed by atoms with Crippen LogP contribution in [0.4, 0.5) is 5.82 Å². The molecule has 4 rings (SSSR count). The molecule has 8 heteroatoms. The van der Waals surface area contributed by atoms with E-state index in [1.807, 2.05) is 6.20 Å². The van der Waals surface area contributed by atoms with Crippen molar-refractivity contribution < 1.29 is 4.79 Å². The number of carbonyl (C=O) groups is 1. The van der Waals surface area contributed by atoms with Crippen molar-refractivity contribution in [3.63, 3.8) is 0 Å². The number of thiazole rings is 1. The van der Waals surface area contributed by atoms with Crippen molar-refractivity contribution in [3.8, 4) is 10.6 Å². The van der Waals surface area contributed by atoms with Crippen molar-refractivity contribution in [1.29, 1.82) is 0 Å². The van der Waals surface area contributed by atoms with Gasteiger partial charge < -0.3 is 15.5 Å². The molecule has 1 fully saturated rings. The quantitative estimate of drug-likeness (QED) is 0.803. The van der Waals surface area contributed by atoms with Crippen LogP contribution in [0.3, 0.4) is 0 Å². The Morgan fingerprint density at radius 2 is 2.07 bits per heavy atom. The molecule has 0 unspecified atom stereocenters. The summed E-state index contributed by atoms with van der Waals surface area (Å²) in [7, 11) is 1.66. The summed E-state index contributed by atoms with van der Waals surface area (Å²) in [5.74, 6) is 0.947. The predicted molar refractivity (Wildman–Crippen MR) is 113 cm³/mol. The van der Waals surface area contributed by atoms with E-state index in [1.54, 1.807) is 18.2 Å². The fourth-order valence-corrected chi connectivity index (χ4v) is 4.71. The molecule has 0 bridgehead atoms. The lowest BCUT2D eigenvalue weighted by molar-refractivity contribution is 0.0805. The third kappa shape index (κ3) is 3.52. The van der Waals surface area contributed by atoms with Crippen molar-refractivity contribution in [1.82, 2.24) is 14.9 Å². The van der Waals surface area contributed by atoms with Crippen LogP contribution in [0.2, 0.25) is 0 Å². The molecule has 2 aliphatic heterocycles. The van der Waals surface area contributed by atoms with Gasteiger partial charge in [0.25, 0.3) is 5.91 Å². The second-order valence-corrected chi connectivity index (χ2v) is 7.93. The van der Waals surface area contributed by atoms with Crippen molar-refractivity contribution in [3.05, 3.63) is 40.8 Å². The van der Waals surface area contributed by atoms with Crippen molar-refractivity contribution in [2.45, 2.75) is 25.7 Å². The van der Waals surface area contributed by atoms with E-state index in [2.05, 4.69) is 27.0 Å². The Labute approximate surface area is 168 Å². The first-order valence-electron chi connectivity index (χ1n) is 9.58. The molecule has 146 valence electrons. The van der Waals surface area contributed by atoms with Gasteiger partial charge in [-0.15, -0.1) is 11.3 Å². The number of aliphatic imine (C=N–C) groups is 1. The van der Waals surface area contributed by atoms with Gasteiger partial charge in [0.1, 0.15) is 15.7 Å². The Kier molecular flexibility index (Phi) is 5.38. The normalized spacial score (nSPS) is 18.0. The Balaban J connectivity index is 1.56. The molecule has 0 radical (unpaired) electrons. The number of aromatic nitrogens is 2. The van der Waals surface area contributed by atoms with Gasteiger partial charge in [-0.2, -0.15) is 0 Å². The molecule has 0 aromatic carbocycles. The van der Waals surface area contributed by atoms with E-state index in [0.717, 1.165) is 35.2 Å². The number of nitrogens with two attached hydrogens (primary N) is 1. The molecular formula is C20H24N6OS. The van der Waals surface area contributed by atoms with Crippen LogP contribution in [-0.2, 0) is 6.42 Å². The number of pyridine rings is 1. The molecule has 28 heavy (non-hydrogen) atoms. The number of anilines is 1. The average Bonchev–Trinajstić information content (AvgIpc) is 3.19. The van der Waals surface area contributed by atoms with Crippen molar-refractivity contribution in [2.24, 2.45) is 10.7 Å². The van der Waals surface area contributed by atoms with Crippen molar-refractivity contribution in [2.75, 3.05) is 31.6 Å². The van der Waals surface area contributed by atoms with Gasteiger partial charge in [0.05, 0.1) is 11.4 Å². The summed E-state index contributed by atoms with van der Waals surface area (Å²) in [5, 5.41) is 0.834. The number of nitrogens with zero attached hydrogens (tertiary/aromatic N) is 5. The number of carbonyl (C=O) groups excluding carboxylic acids is 1. The Bertz CT molecular complexity index is 911. The zero-order valence-corrected chi connectivity index (χ0v) is 16.8. The molecule has 2 aromatic rings. The molecular weight excluding hydrogens is 372 g/mol. The van der Waals surface area contributed by atoms with Crippen LogP contribution in [0.5, 0.6) is 0 Å². The van der Waals surface area contributed by atoms with Gasteiger partial charge in [-0.25, -0.2) is 9.97 Å². The maximum atomic E-state index is 12.9. The lowest BCUT2D eigenvalue weighted by Crippen LogP contribution is -2.37. The SMILES string of the molecule is CN=C/C(=C\N)N1CCc2nc(-c3ccc(N4CCCCC4)nc3)sc2C1=O. The molecule has 1 saturated heterocycles. The first-order chi connectivity index (χ1) is 13.7. The lowest BCUT2D eigenvalue weighted by Gasteiger charge is -2.27. The predicted octanol–water partition coefficient (Wildman–Crippen LogP) is 2.69. The summed E-state index contributed by atoms with van der Waals surface area (Å²) >= 11 is 1.42. The molecule has 2 aromatic heterocycles. The highest BCUT2D eigenvalue weighted by atomic mass is 32.1. The summed E-state index contributed by atoms with van der Waals surface area (Å²) in [4.78, 5) is 30.9. The third-order valence-corrected chi connectivity index (χ3v) is 6.26. The van der Waals surface area contributed by atoms with Crippen LogP contribution in [0.1, 0.15) is 34.6 Å². The number of piperidine rings is 1. The Morgan fingerprint density at radius 3 is 2.75 bits per heavy atom. The number of hydrogen-bond acceptors (Lipinski definition) is 7. The average molecular weight is 397 g/mol. The largest absolute Gasteiger partial charge is 0.403 e. The zero-order valence-electron chi connectivity index (χ0n) is 16.0. The summed E-state index contributed by atoms with van der Waals surface area (Å²) < 4.78 is 0. The molecule has 0 spiro atoms. The van der Waals surface area contributed by atoms with E-state index in [0.29, 0.717) is 23.5 Å².